The highest BCUT2D eigenvalue weighted by atomic mass is 16.5. The van der Waals surface area contributed by atoms with Crippen LogP contribution in [0.5, 0.6) is 5.75 Å². The summed E-state index contributed by atoms with van der Waals surface area (Å²) in [6.45, 7) is 2.06. The number of rotatable bonds is 4. The smallest absolute Gasteiger partial charge is 0.255 e. The van der Waals surface area contributed by atoms with E-state index in [2.05, 4.69) is 30.4 Å². The van der Waals surface area contributed by atoms with Crippen molar-refractivity contribution >= 4 is 22.5 Å². The van der Waals surface area contributed by atoms with Crippen LogP contribution in [-0.2, 0) is 7.05 Å². The Morgan fingerprint density at radius 1 is 1.00 bits per heavy atom. The number of aromatic nitrogens is 1. The Bertz CT molecular complexity index is 1170. The monoisotopic (exact) mass is 370 g/mol. The van der Waals surface area contributed by atoms with Crippen molar-refractivity contribution < 1.29 is 9.53 Å². The van der Waals surface area contributed by atoms with Crippen LogP contribution < -0.4 is 10.1 Å². The summed E-state index contributed by atoms with van der Waals surface area (Å²) in [4.78, 5) is 12.8. The van der Waals surface area contributed by atoms with E-state index in [4.69, 9.17) is 4.74 Å². The van der Waals surface area contributed by atoms with E-state index in [1.165, 1.54) is 5.56 Å². The molecule has 140 valence electrons. The predicted molar refractivity (Wildman–Crippen MR) is 114 cm³/mol. The molecule has 0 aliphatic heterocycles. The molecule has 0 saturated heterocycles. The van der Waals surface area contributed by atoms with Crippen LogP contribution >= 0.6 is 0 Å². The molecule has 0 atom stereocenters. The van der Waals surface area contributed by atoms with Gasteiger partial charge < -0.3 is 14.6 Å². The van der Waals surface area contributed by atoms with Crippen LogP contribution in [-0.4, -0.2) is 17.6 Å². The van der Waals surface area contributed by atoms with Gasteiger partial charge >= 0.3 is 0 Å². The van der Waals surface area contributed by atoms with Gasteiger partial charge in [0.1, 0.15) is 5.75 Å². The molecule has 1 amide bonds. The summed E-state index contributed by atoms with van der Waals surface area (Å²) < 4.78 is 7.59. The van der Waals surface area contributed by atoms with E-state index in [1.807, 2.05) is 60.3 Å². The Labute approximate surface area is 164 Å². The third kappa shape index (κ3) is 3.37. The number of amides is 1. The number of ether oxygens (including phenoxy) is 1. The molecule has 0 saturated carbocycles. The molecule has 28 heavy (non-hydrogen) atoms. The van der Waals surface area contributed by atoms with Crippen molar-refractivity contribution in [2.24, 2.45) is 7.05 Å². The number of nitrogens with one attached hydrogen (secondary N) is 1. The first kappa shape index (κ1) is 17.9. The molecule has 0 fully saturated rings. The molecule has 4 rings (SSSR count). The zero-order valence-electron chi connectivity index (χ0n) is 16.2. The number of hydrogen-bond acceptors (Lipinski definition) is 2. The summed E-state index contributed by atoms with van der Waals surface area (Å²) in [5.74, 6) is 0.513. The van der Waals surface area contributed by atoms with Gasteiger partial charge in [0.05, 0.1) is 7.11 Å². The minimum Gasteiger partial charge on any atom is -0.496 e. The molecule has 0 spiro atoms. The third-order valence-electron chi connectivity index (χ3n) is 4.94. The summed E-state index contributed by atoms with van der Waals surface area (Å²) in [5, 5.41) is 4.12. The Morgan fingerprint density at radius 3 is 2.64 bits per heavy atom. The number of carbonyl (C=O) groups is 1. The van der Waals surface area contributed by atoms with E-state index in [9.17, 15) is 4.79 Å². The average molecular weight is 370 g/mol. The second kappa shape index (κ2) is 7.24. The number of methoxy groups -OCH3 is 1. The van der Waals surface area contributed by atoms with Crippen LogP contribution in [0.1, 0.15) is 15.9 Å². The van der Waals surface area contributed by atoms with E-state index < -0.39 is 0 Å². The number of aryl methyl sites for hydroxylation is 2. The molecule has 1 heterocycles. The third-order valence-corrected chi connectivity index (χ3v) is 4.94. The SMILES string of the molecule is COc1cc(C(=O)Nc2ccc3ccn(C)c3c2)ccc1-c1cccc(C)c1. The zero-order valence-corrected chi connectivity index (χ0v) is 16.2. The van der Waals surface area contributed by atoms with Crippen molar-refractivity contribution in [2.75, 3.05) is 12.4 Å². The van der Waals surface area contributed by atoms with Gasteiger partial charge in [-0.3, -0.25) is 4.79 Å². The van der Waals surface area contributed by atoms with Crippen molar-refractivity contribution in [1.29, 1.82) is 0 Å². The molecule has 0 unspecified atom stereocenters. The first-order valence-electron chi connectivity index (χ1n) is 9.16. The van der Waals surface area contributed by atoms with E-state index >= 15 is 0 Å². The van der Waals surface area contributed by atoms with Crippen molar-refractivity contribution in [2.45, 2.75) is 6.92 Å². The number of nitrogens with zero attached hydrogens (tertiary/aromatic N) is 1. The quantitative estimate of drug-likeness (QED) is 0.522. The maximum absolute atomic E-state index is 12.8. The maximum Gasteiger partial charge on any atom is 0.255 e. The Hall–Kier alpha value is -3.53. The molecule has 3 aromatic carbocycles. The number of carbonyl (C=O) groups excluding carboxylic acids is 1. The molecule has 0 aliphatic carbocycles. The minimum atomic E-state index is -0.164. The summed E-state index contributed by atoms with van der Waals surface area (Å²) in [5.41, 5.74) is 5.61. The van der Waals surface area contributed by atoms with Gasteiger partial charge in [-0.1, -0.05) is 35.9 Å². The number of benzene rings is 3. The highest BCUT2D eigenvalue weighted by molar-refractivity contribution is 6.05. The van der Waals surface area contributed by atoms with Crippen molar-refractivity contribution in [3.63, 3.8) is 0 Å². The lowest BCUT2D eigenvalue weighted by molar-refractivity contribution is 0.102. The lowest BCUT2D eigenvalue weighted by Gasteiger charge is -2.12. The van der Waals surface area contributed by atoms with Gasteiger partial charge in [0.25, 0.3) is 5.91 Å². The Kier molecular flexibility index (Phi) is 4.62. The fourth-order valence-corrected chi connectivity index (χ4v) is 3.43. The topological polar surface area (TPSA) is 43.3 Å². The normalized spacial score (nSPS) is 10.8. The fraction of sp³-hybridized carbons (Fsp3) is 0.125. The number of hydrogen-bond donors (Lipinski definition) is 1. The van der Waals surface area contributed by atoms with Gasteiger partial charge in [0.2, 0.25) is 0 Å². The number of fused-ring (bicyclic) bond motifs is 1. The summed E-state index contributed by atoms with van der Waals surface area (Å²) in [7, 11) is 3.61. The van der Waals surface area contributed by atoms with Crippen LogP contribution in [0, 0.1) is 6.92 Å². The van der Waals surface area contributed by atoms with Crippen LogP contribution in [0.2, 0.25) is 0 Å². The Morgan fingerprint density at radius 2 is 1.86 bits per heavy atom. The predicted octanol–water partition coefficient (Wildman–Crippen LogP) is 5.41. The van der Waals surface area contributed by atoms with E-state index in [-0.39, 0.29) is 5.91 Å². The van der Waals surface area contributed by atoms with Gasteiger partial charge in [-0.25, -0.2) is 0 Å². The van der Waals surface area contributed by atoms with Crippen LogP contribution in [0.25, 0.3) is 22.0 Å². The highest BCUT2D eigenvalue weighted by Crippen LogP contribution is 2.31. The minimum absolute atomic E-state index is 0.164. The molecular formula is C24H22N2O2. The molecule has 0 bridgehead atoms. The van der Waals surface area contributed by atoms with Gasteiger partial charge in [0.15, 0.2) is 0 Å². The van der Waals surface area contributed by atoms with Crippen molar-refractivity contribution in [3.8, 4) is 16.9 Å². The molecule has 4 aromatic rings. The molecule has 4 nitrogen and oxygen atoms in total. The summed E-state index contributed by atoms with van der Waals surface area (Å²) in [6.07, 6.45) is 2.01. The largest absolute Gasteiger partial charge is 0.496 e. The van der Waals surface area contributed by atoms with Crippen molar-refractivity contribution in [3.05, 3.63) is 84.1 Å². The maximum atomic E-state index is 12.8. The first-order chi connectivity index (χ1) is 13.5. The van der Waals surface area contributed by atoms with E-state index in [1.54, 1.807) is 13.2 Å². The second-order valence-corrected chi connectivity index (χ2v) is 6.94. The molecule has 4 heteroatoms. The van der Waals surface area contributed by atoms with E-state index in [0.717, 1.165) is 27.7 Å². The average Bonchev–Trinajstić information content (AvgIpc) is 3.08. The Balaban J connectivity index is 1.62. The van der Waals surface area contributed by atoms with Gasteiger partial charge in [-0.15, -0.1) is 0 Å². The lowest BCUT2D eigenvalue weighted by Crippen LogP contribution is -2.12. The molecule has 1 aromatic heterocycles. The highest BCUT2D eigenvalue weighted by Gasteiger charge is 2.12. The summed E-state index contributed by atoms with van der Waals surface area (Å²) >= 11 is 0. The molecule has 1 N–H and O–H groups in total. The van der Waals surface area contributed by atoms with Crippen molar-refractivity contribution in [1.82, 2.24) is 4.57 Å². The van der Waals surface area contributed by atoms with Crippen LogP contribution in [0.15, 0.2) is 72.9 Å². The zero-order chi connectivity index (χ0) is 19.7. The summed E-state index contributed by atoms with van der Waals surface area (Å²) in [6, 6.07) is 21.7. The van der Waals surface area contributed by atoms with E-state index in [0.29, 0.717) is 11.3 Å². The standard InChI is InChI=1S/C24H22N2O2/c1-16-5-4-6-18(13-16)21-10-8-19(14-23(21)28-3)24(27)25-20-9-7-17-11-12-26(2)22(17)15-20/h4-15H,1-3H3,(H,25,27). The molecule has 0 aliphatic rings. The first-order valence-corrected chi connectivity index (χ1v) is 9.16. The molecule has 0 radical (unpaired) electrons. The number of anilines is 1. The lowest BCUT2D eigenvalue weighted by atomic mass is 10.0. The fourth-order valence-electron chi connectivity index (χ4n) is 3.43. The van der Waals surface area contributed by atoms with Crippen LogP contribution in [0.3, 0.4) is 0 Å². The van der Waals surface area contributed by atoms with Crippen LogP contribution in [0.4, 0.5) is 5.69 Å². The van der Waals surface area contributed by atoms with Gasteiger partial charge in [-0.05, 0) is 54.3 Å². The van der Waals surface area contributed by atoms with Gasteiger partial charge in [0, 0.05) is 35.6 Å². The second-order valence-electron chi connectivity index (χ2n) is 6.94. The van der Waals surface area contributed by atoms with Gasteiger partial charge in [-0.2, -0.15) is 0 Å². The molecular weight excluding hydrogens is 348 g/mol.